The summed E-state index contributed by atoms with van der Waals surface area (Å²) < 4.78 is 4.94. The highest BCUT2D eigenvalue weighted by Gasteiger charge is 2.29. The fraction of sp³-hybridized carbons (Fsp3) is 0.0909. The lowest BCUT2D eigenvalue weighted by atomic mass is 9.84. The van der Waals surface area contributed by atoms with Crippen LogP contribution in [0.5, 0.6) is 0 Å². The maximum absolute atomic E-state index is 12.8. The molecule has 1 aliphatic rings. The van der Waals surface area contributed by atoms with Gasteiger partial charge >= 0.3 is 5.97 Å². The molecule has 2 aromatic carbocycles. The number of amides is 2. The molecule has 160 valence electrons. The van der Waals surface area contributed by atoms with Gasteiger partial charge in [-0.15, -0.1) is 11.3 Å². The van der Waals surface area contributed by atoms with Gasteiger partial charge in [0, 0.05) is 40.2 Å². The van der Waals surface area contributed by atoms with Gasteiger partial charge in [0.1, 0.15) is 0 Å². The van der Waals surface area contributed by atoms with E-state index in [2.05, 4.69) is 15.6 Å². The van der Waals surface area contributed by atoms with E-state index in [-0.39, 0.29) is 45.1 Å². The van der Waals surface area contributed by atoms with Gasteiger partial charge in [-0.1, -0.05) is 24.3 Å². The van der Waals surface area contributed by atoms with Crippen LogP contribution in [0.2, 0.25) is 0 Å². The third-order valence-corrected chi connectivity index (χ3v) is 5.30. The molecule has 0 aliphatic heterocycles. The molecule has 0 fully saturated rings. The molecule has 1 aromatic heterocycles. The summed E-state index contributed by atoms with van der Waals surface area (Å²) in [6.45, 7) is 0.727. The van der Waals surface area contributed by atoms with Gasteiger partial charge in [-0.05, 0) is 18.2 Å². The molecule has 4 rings (SSSR count). The third kappa shape index (κ3) is 4.16. The number of ether oxygens (including phenoxy) is 1. The number of carbonyl (C=O) groups excluding carboxylic acids is 5. The van der Waals surface area contributed by atoms with E-state index in [0.717, 1.165) is 11.3 Å². The van der Waals surface area contributed by atoms with Crippen molar-refractivity contribution in [3.8, 4) is 0 Å². The summed E-state index contributed by atoms with van der Waals surface area (Å²) in [5.74, 6) is -2.35. The number of nitrogens with zero attached hydrogens (tertiary/aromatic N) is 1. The molecule has 9 nitrogen and oxygen atoms in total. The highest BCUT2D eigenvalue weighted by molar-refractivity contribution is 7.14. The van der Waals surface area contributed by atoms with Gasteiger partial charge in [0.2, 0.25) is 5.91 Å². The summed E-state index contributed by atoms with van der Waals surface area (Å²) in [5.41, 5.74) is 1.35. The van der Waals surface area contributed by atoms with Crippen molar-refractivity contribution in [2.75, 3.05) is 17.2 Å². The smallest absolute Gasteiger partial charge is 0.358 e. The highest BCUT2D eigenvalue weighted by Crippen LogP contribution is 2.29. The predicted molar refractivity (Wildman–Crippen MR) is 115 cm³/mol. The van der Waals surface area contributed by atoms with Crippen LogP contribution in [0.3, 0.4) is 0 Å². The number of nitrogens with one attached hydrogen (secondary N) is 2. The van der Waals surface area contributed by atoms with Crippen LogP contribution in [-0.2, 0) is 14.3 Å². The first-order valence-corrected chi connectivity index (χ1v) is 10.2. The molecule has 0 unspecified atom stereocenters. The minimum absolute atomic E-state index is 0.0388. The van der Waals surface area contributed by atoms with Gasteiger partial charge in [0.15, 0.2) is 29.0 Å². The quantitative estimate of drug-likeness (QED) is 0.448. The van der Waals surface area contributed by atoms with E-state index in [1.54, 1.807) is 24.3 Å². The van der Waals surface area contributed by atoms with Crippen LogP contribution in [-0.4, -0.2) is 40.9 Å². The number of hydrogen-bond donors (Lipinski definition) is 2. The maximum Gasteiger partial charge on any atom is 0.358 e. The second-order valence-electron chi connectivity index (χ2n) is 6.81. The Morgan fingerprint density at radius 3 is 2.28 bits per heavy atom. The van der Waals surface area contributed by atoms with Crippen LogP contribution < -0.4 is 10.6 Å². The van der Waals surface area contributed by atoms with Gasteiger partial charge < -0.3 is 15.4 Å². The first-order valence-electron chi connectivity index (χ1n) is 9.36. The van der Waals surface area contributed by atoms with Crippen LogP contribution in [0.4, 0.5) is 10.8 Å². The molecule has 2 N–H and O–H groups in total. The molecular weight excluding hydrogens is 434 g/mol. The Morgan fingerprint density at radius 1 is 0.938 bits per heavy atom. The van der Waals surface area contributed by atoms with Gasteiger partial charge in [-0.25, -0.2) is 9.78 Å². The number of aromatic nitrogens is 1. The zero-order chi connectivity index (χ0) is 22.8. The molecule has 0 saturated heterocycles. The summed E-state index contributed by atoms with van der Waals surface area (Å²) in [5, 5.41) is 6.62. The molecule has 0 radical (unpaired) electrons. The fourth-order valence-electron chi connectivity index (χ4n) is 3.15. The summed E-state index contributed by atoms with van der Waals surface area (Å²) >= 11 is 1.05. The second-order valence-corrected chi connectivity index (χ2v) is 7.67. The number of rotatable bonds is 5. The third-order valence-electron chi connectivity index (χ3n) is 4.54. The number of thiazole rings is 1. The zero-order valence-corrected chi connectivity index (χ0v) is 17.4. The lowest BCUT2D eigenvalue weighted by Gasteiger charge is -2.18. The minimum atomic E-state index is -0.823. The van der Waals surface area contributed by atoms with Crippen molar-refractivity contribution in [2.24, 2.45) is 0 Å². The normalized spacial score (nSPS) is 11.9. The van der Waals surface area contributed by atoms with Crippen LogP contribution >= 0.6 is 11.3 Å². The Balaban J connectivity index is 1.41. The van der Waals surface area contributed by atoms with Crippen molar-refractivity contribution >= 4 is 51.5 Å². The van der Waals surface area contributed by atoms with Gasteiger partial charge in [0.25, 0.3) is 5.91 Å². The van der Waals surface area contributed by atoms with Crippen molar-refractivity contribution in [1.82, 2.24) is 4.98 Å². The van der Waals surface area contributed by atoms with E-state index in [4.69, 9.17) is 4.74 Å². The number of benzene rings is 2. The number of hydrogen-bond acceptors (Lipinski definition) is 8. The Bertz CT molecular complexity index is 1300. The average Bonchev–Trinajstić information content (AvgIpc) is 3.23. The molecule has 0 bridgehead atoms. The van der Waals surface area contributed by atoms with Crippen molar-refractivity contribution in [2.45, 2.75) is 6.92 Å². The van der Waals surface area contributed by atoms with Crippen LogP contribution in [0.1, 0.15) is 49.3 Å². The van der Waals surface area contributed by atoms with Crippen LogP contribution in [0.15, 0.2) is 47.8 Å². The van der Waals surface area contributed by atoms with Crippen molar-refractivity contribution in [1.29, 1.82) is 0 Å². The fourth-order valence-corrected chi connectivity index (χ4v) is 3.88. The number of esters is 1. The molecule has 1 aliphatic carbocycles. The Hall–Kier alpha value is -4.18. The Labute approximate surface area is 185 Å². The highest BCUT2D eigenvalue weighted by atomic mass is 32.1. The van der Waals surface area contributed by atoms with Crippen LogP contribution in [0.25, 0.3) is 0 Å². The lowest BCUT2D eigenvalue weighted by Crippen LogP contribution is -2.23. The van der Waals surface area contributed by atoms with Crippen molar-refractivity contribution < 1.29 is 28.7 Å². The van der Waals surface area contributed by atoms with Gasteiger partial charge in [-0.3, -0.25) is 19.2 Å². The molecule has 0 saturated carbocycles. The molecule has 10 heteroatoms. The summed E-state index contributed by atoms with van der Waals surface area (Å²) in [7, 11) is 0. The first-order chi connectivity index (χ1) is 15.3. The molecule has 0 atom stereocenters. The maximum atomic E-state index is 12.8. The summed E-state index contributed by atoms with van der Waals surface area (Å²) in [6.07, 6.45) is 0. The van der Waals surface area contributed by atoms with E-state index in [9.17, 15) is 24.0 Å². The topological polar surface area (TPSA) is 132 Å². The van der Waals surface area contributed by atoms with E-state index >= 15 is 0 Å². The van der Waals surface area contributed by atoms with E-state index in [1.807, 2.05) is 0 Å². The average molecular weight is 449 g/mol. The SMILES string of the molecule is CC(=O)Nc1nc(C(=O)OCC(=O)Nc2ccc3c(c2)C(=O)c2ccccc2C3=O)cs1. The predicted octanol–water partition coefficient (Wildman–Crippen LogP) is 2.67. The van der Waals surface area contributed by atoms with Crippen molar-refractivity contribution in [3.63, 3.8) is 0 Å². The first kappa shape index (κ1) is 21.1. The largest absolute Gasteiger partial charge is 0.451 e. The van der Waals surface area contributed by atoms with Crippen LogP contribution in [0, 0.1) is 0 Å². The standard InChI is InChI=1S/C22H15N3O6S/c1-11(26)23-22-25-17(10-32-22)21(30)31-9-18(27)24-12-6-7-15-16(8-12)20(29)14-5-3-2-4-13(14)19(15)28/h2-8,10H,9H2,1H3,(H,24,27)(H,23,25,26). The van der Waals surface area contributed by atoms with Gasteiger partial charge in [-0.2, -0.15) is 0 Å². The number of ketones is 2. The number of fused-ring (bicyclic) bond motifs is 2. The molecule has 0 spiro atoms. The summed E-state index contributed by atoms with van der Waals surface area (Å²) in [4.78, 5) is 64.6. The monoisotopic (exact) mass is 449 g/mol. The van der Waals surface area contributed by atoms with Gasteiger partial charge in [0.05, 0.1) is 0 Å². The second kappa shape index (κ2) is 8.52. The summed E-state index contributed by atoms with van der Waals surface area (Å²) in [6, 6.07) is 11.0. The lowest BCUT2D eigenvalue weighted by molar-refractivity contribution is -0.119. The van der Waals surface area contributed by atoms with Crippen molar-refractivity contribution in [3.05, 3.63) is 75.8 Å². The molecular formula is C22H15N3O6S. The van der Waals surface area contributed by atoms with E-state index in [1.165, 1.54) is 30.5 Å². The Morgan fingerprint density at radius 2 is 1.59 bits per heavy atom. The molecule has 2 amide bonds. The number of carbonyl (C=O) groups is 5. The molecule has 32 heavy (non-hydrogen) atoms. The minimum Gasteiger partial charge on any atom is -0.451 e. The van der Waals surface area contributed by atoms with E-state index in [0.29, 0.717) is 11.1 Å². The molecule has 3 aromatic rings. The number of anilines is 2. The zero-order valence-electron chi connectivity index (χ0n) is 16.6. The molecule has 1 heterocycles. The Kier molecular flexibility index (Phi) is 5.61. The van der Waals surface area contributed by atoms with E-state index < -0.39 is 18.5 Å².